The average molecular weight is 356 g/mol. The number of hydrogen-bond donors (Lipinski definition) is 1. The highest BCUT2D eigenvalue weighted by Gasteiger charge is 2.20. The molecule has 2 aromatic rings. The molecule has 130 valence electrons. The third-order valence-electron chi connectivity index (χ3n) is 4.35. The van der Waals surface area contributed by atoms with Crippen molar-refractivity contribution in [2.45, 2.75) is 6.92 Å². The van der Waals surface area contributed by atoms with Gasteiger partial charge in [0.1, 0.15) is 0 Å². The Bertz CT molecular complexity index is 771. The molecule has 0 aromatic heterocycles. The number of nitrogens with one attached hydrogen (secondary N) is 1. The third-order valence-corrected chi connectivity index (χ3v) is 4.71. The maximum absolute atomic E-state index is 10.7. The number of hydrogen-bond acceptors (Lipinski definition) is 4. The van der Waals surface area contributed by atoms with Gasteiger partial charge in [0.05, 0.1) is 4.92 Å². The van der Waals surface area contributed by atoms with E-state index in [-0.39, 0.29) is 5.69 Å². The maximum atomic E-state index is 10.7. The lowest BCUT2D eigenvalue weighted by Gasteiger charge is -2.38. The number of nitrogens with zero attached hydrogens (tertiary/aromatic N) is 3. The van der Waals surface area contributed by atoms with Gasteiger partial charge < -0.3 is 15.1 Å². The van der Waals surface area contributed by atoms with Crippen molar-refractivity contribution in [1.82, 2.24) is 4.90 Å². The Hall–Kier alpha value is -2.67. The van der Waals surface area contributed by atoms with Crippen LogP contribution in [-0.4, -0.2) is 41.1 Å². The molecule has 0 atom stereocenters. The molecule has 1 heterocycles. The molecule has 1 N–H and O–H groups in total. The predicted molar refractivity (Wildman–Crippen MR) is 104 cm³/mol. The van der Waals surface area contributed by atoms with Crippen molar-refractivity contribution in [3.05, 3.63) is 64.2 Å². The van der Waals surface area contributed by atoms with E-state index in [1.165, 1.54) is 23.4 Å². The minimum atomic E-state index is -0.410. The molecule has 6 nitrogen and oxygen atoms in total. The van der Waals surface area contributed by atoms with Gasteiger partial charge in [0, 0.05) is 49.7 Å². The monoisotopic (exact) mass is 356 g/mol. The zero-order chi connectivity index (χ0) is 17.8. The van der Waals surface area contributed by atoms with Crippen LogP contribution in [0.25, 0.3) is 0 Å². The number of anilines is 2. The fourth-order valence-corrected chi connectivity index (χ4v) is 3.24. The van der Waals surface area contributed by atoms with E-state index in [1.807, 2.05) is 0 Å². The molecule has 1 saturated heterocycles. The molecule has 3 rings (SSSR count). The minimum absolute atomic E-state index is 0.0725. The maximum Gasteiger partial charge on any atom is 0.269 e. The average Bonchev–Trinajstić information content (AvgIpc) is 2.63. The Morgan fingerprint density at radius 1 is 1.08 bits per heavy atom. The minimum Gasteiger partial charge on any atom is -0.368 e. The highest BCUT2D eigenvalue weighted by atomic mass is 32.1. The summed E-state index contributed by atoms with van der Waals surface area (Å²) in [7, 11) is 0. The summed E-state index contributed by atoms with van der Waals surface area (Å²) in [4.78, 5) is 14.8. The van der Waals surface area contributed by atoms with Crippen molar-refractivity contribution in [2.24, 2.45) is 0 Å². The summed E-state index contributed by atoms with van der Waals surface area (Å²) in [5, 5.41) is 14.5. The number of benzene rings is 2. The lowest BCUT2D eigenvalue weighted by atomic mass is 10.1. The van der Waals surface area contributed by atoms with E-state index in [0.717, 1.165) is 31.9 Å². The van der Waals surface area contributed by atoms with Crippen LogP contribution < -0.4 is 10.2 Å². The summed E-state index contributed by atoms with van der Waals surface area (Å²) in [6.07, 6.45) is 0. The molecule has 0 unspecified atom stereocenters. The summed E-state index contributed by atoms with van der Waals surface area (Å²) in [6.45, 7) is 5.63. The first-order valence-corrected chi connectivity index (χ1v) is 8.56. The number of non-ortho nitro benzene ring substituents is 1. The highest BCUT2D eigenvalue weighted by Crippen LogP contribution is 2.21. The van der Waals surface area contributed by atoms with Gasteiger partial charge in [-0.25, -0.2) is 0 Å². The van der Waals surface area contributed by atoms with Crippen LogP contribution in [0.4, 0.5) is 17.1 Å². The number of rotatable bonds is 3. The number of aryl methyl sites for hydroxylation is 1. The van der Waals surface area contributed by atoms with E-state index >= 15 is 0 Å². The molecule has 0 aliphatic carbocycles. The number of piperazine rings is 1. The van der Waals surface area contributed by atoms with Crippen LogP contribution in [0.1, 0.15) is 5.56 Å². The lowest BCUT2D eigenvalue weighted by Crippen LogP contribution is -2.50. The Labute approximate surface area is 152 Å². The molecule has 1 fully saturated rings. The summed E-state index contributed by atoms with van der Waals surface area (Å²) in [6, 6.07) is 14.7. The number of para-hydroxylation sites is 1. The number of nitro benzene ring substituents is 1. The fourth-order valence-electron chi connectivity index (χ4n) is 2.94. The van der Waals surface area contributed by atoms with Crippen molar-refractivity contribution in [3.8, 4) is 0 Å². The Morgan fingerprint density at radius 3 is 2.32 bits per heavy atom. The third kappa shape index (κ3) is 4.06. The molecule has 0 radical (unpaired) electrons. The van der Waals surface area contributed by atoms with Crippen molar-refractivity contribution in [2.75, 3.05) is 36.4 Å². The Morgan fingerprint density at radius 2 is 1.72 bits per heavy atom. The van der Waals surface area contributed by atoms with Crippen LogP contribution in [0.3, 0.4) is 0 Å². The van der Waals surface area contributed by atoms with Gasteiger partial charge >= 0.3 is 0 Å². The van der Waals surface area contributed by atoms with Crippen LogP contribution in [0.5, 0.6) is 0 Å². The SMILES string of the molecule is Cc1ccccc1N1CCN(C(=S)Nc2ccc([N+](=O)[O-])cc2)CC1. The van der Waals surface area contributed by atoms with E-state index in [4.69, 9.17) is 12.2 Å². The molecule has 0 spiro atoms. The van der Waals surface area contributed by atoms with E-state index in [0.29, 0.717) is 5.11 Å². The van der Waals surface area contributed by atoms with Gasteiger partial charge in [0.25, 0.3) is 5.69 Å². The van der Waals surface area contributed by atoms with Crippen molar-refractivity contribution in [3.63, 3.8) is 0 Å². The Kier molecular flexibility index (Phi) is 5.14. The van der Waals surface area contributed by atoms with Gasteiger partial charge in [-0.05, 0) is 42.9 Å². The zero-order valence-corrected chi connectivity index (χ0v) is 14.8. The van der Waals surface area contributed by atoms with Crippen LogP contribution in [0, 0.1) is 17.0 Å². The topological polar surface area (TPSA) is 61.6 Å². The van der Waals surface area contributed by atoms with Crippen LogP contribution in [-0.2, 0) is 0 Å². The van der Waals surface area contributed by atoms with Crippen LogP contribution >= 0.6 is 12.2 Å². The molecule has 0 saturated carbocycles. The van der Waals surface area contributed by atoms with Gasteiger partial charge in [0.15, 0.2) is 5.11 Å². The zero-order valence-electron chi connectivity index (χ0n) is 14.0. The fraction of sp³-hybridized carbons (Fsp3) is 0.278. The van der Waals surface area contributed by atoms with Gasteiger partial charge in [-0.15, -0.1) is 0 Å². The van der Waals surface area contributed by atoms with Gasteiger partial charge in [-0.2, -0.15) is 0 Å². The van der Waals surface area contributed by atoms with Crippen molar-refractivity contribution in [1.29, 1.82) is 0 Å². The molecule has 25 heavy (non-hydrogen) atoms. The van der Waals surface area contributed by atoms with Gasteiger partial charge in [-0.1, -0.05) is 18.2 Å². The second-order valence-corrected chi connectivity index (χ2v) is 6.38. The second kappa shape index (κ2) is 7.48. The van der Waals surface area contributed by atoms with E-state index in [9.17, 15) is 10.1 Å². The summed E-state index contributed by atoms with van der Waals surface area (Å²) < 4.78 is 0. The van der Waals surface area contributed by atoms with Gasteiger partial charge in [-0.3, -0.25) is 10.1 Å². The quantitative estimate of drug-likeness (QED) is 0.516. The van der Waals surface area contributed by atoms with E-state index in [2.05, 4.69) is 46.3 Å². The molecule has 0 amide bonds. The standard InChI is InChI=1S/C18H20N4O2S/c1-14-4-2-3-5-17(14)20-10-12-21(13-11-20)18(25)19-15-6-8-16(9-7-15)22(23)24/h2-9H,10-13H2,1H3,(H,19,25). The van der Waals surface area contributed by atoms with Crippen LogP contribution in [0.2, 0.25) is 0 Å². The molecule has 1 aliphatic rings. The molecule has 0 bridgehead atoms. The van der Waals surface area contributed by atoms with Crippen molar-refractivity contribution >= 4 is 34.4 Å². The smallest absolute Gasteiger partial charge is 0.269 e. The largest absolute Gasteiger partial charge is 0.368 e. The second-order valence-electron chi connectivity index (χ2n) is 5.99. The van der Waals surface area contributed by atoms with Crippen LogP contribution in [0.15, 0.2) is 48.5 Å². The first kappa shape index (κ1) is 17.2. The number of nitro groups is 1. The molecule has 1 aliphatic heterocycles. The summed E-state index contributed by atoms with van der Waals surface area (Å²) in [5.41, 5.74) is 3.39. The first-order valence-electron chi connectivity index (χ1n) is 8.15. The van der Waals surface area contributed by atoms with E-state index < -0.39 is 4.92 Å². The first-order chi connectivity index (χ1) is 12.0. The van der Waals surface area contributed by atoms with E-state index in [1.54, 1.807) is 12.1 Å². The predicted octanol–water partition coefficient (Wildman–Crippen LogP) is 3.42. The highest BCUT2D eigenvalue weighted by molar-refractivity contribution is 7.80. The molecule has 2 aromatic carbocycles. The molecular formula is C18H20N4O2S. The summed E-state index contributed by atoms with van der Waals surface area (Å²) >= 11 is 5.48. The summed E-state index contributed by atoms with van der Waals surface area (Å²) in [5.74, 6) is 0. The lowest BCUT2D eigenvalue weighted by molar-refractivity contribution is -0.384. The molecule has 7 heteroatoms. The van der Waals surface area contributed by atoms with Gasteiger partial charge in [0.2, 0.25) is 0 Å². The van der Waals surface area contributed by atoms with Crippen molar-refractivity contribution < 1.29 is 4.92 Å². The number of thiocarbonyl (C=S) groups is 1. The molecular weight excluding hydrogens is 336 g/mol. The normalized spacial score (nSPS) is 14.3. The Balaban J connectivity index is 1.56.